The molecule has 0 N–H and O–H groups in total. The van der Waals surface area contributed by atoms with Gasteiger partial charge in [-0.2, -0.15) is 0 Å². The van der Waals surface area contributed by atoms with Gasteiger partial charge in [0.25, 0.3) is 0 Å². The van der Waals surface area contributed by atoms with E-state index in [0.717, 1.165) is 38.3 Å². The highest BCUT2D eigenvalue weighted by Gasteiger charge is 2.32. The van der Waals surface area contributed by atoms with Crippen LogP contribution in [0.3, 0.4) is 0 Å². The number of piperidine rings is 1. The second-order valence-electron chi connectivity index (χ2n) is 7.78. The molecule has 0 aromatic heterocycles. The Morgan fingerprint density at radius 2 is 1.81 bits per heavy atom. The molecule has 0 aromatic carbocycles. The summed E-state index contributed by atoms with van der Waals surface area (Å²) < 4.78 is 5.53. The lowest BCUT2D eigenvalue weighted by molar-refractivity contribution is 0.0210. The molecule has 4 heteroatoms. The molecule has 2 aliphatic rings. The van der Waals surface area contributed by atoms with Crippen LogP contribution in [0.15, 0.2) is 0 Å². The number of likely N-dealkylation sites (tertiary alicyclic amines) is 2. The molecule has 0 bridgehead atoms. The van der Waals surface area contributed by atoms with Gasteiger partial charge in [-0.05, 0) is 71.9 Å². The van der Waals surface area contributed by atoms with Crippen LogP contribution >= 0.6 is 0 Å². The molecule has 0 saturated carbocycles. The zero-order valence-corrected chi connectivity index (χ0v) is 14.2. The summed E-state index contributed by atoms with van der Waals surface area (Å²) in [6.45, 7) is 12.6. The topological polar surface area (TPSA) is 32.8 Å². The van der Waals surface area contributed by atoms with Gasteiger partial charge in [0.2, 0.25) is 0 Å². The summed E-state index contributed by atoms with van der Waals surface area (Å²) in [4.78, 5) is 16.8. The van der Waals surface area contributed by atoms with Crippen LogP contribution in [0.1, 0.15) is 59.8 Å². The average Bonchev–Trinajstić information content (AvgIpc) is 2.84. The molecule has 21 heavy (non-hydrogen) atoms. The molecule has 2 saturated heterocycles. The van der Waals surface area contributed by atoms with Crippen LogP contribution in [0.25, 0.3) is 0 Å². The van der Waals surface area contributed by atoms with E-state index in [9.17, 15) is 4.79 Å². The smallest absolute Gasteiger partial charge is 0.410 e. The minimum atomic E-state index is -0.396. The largest absolute Gasteiger partial charge is 0.444 e. The quantitative estimate of drug-likeness (QED) is 0.799. The molecule has 1 amide bonds. The van der Waals surface area contributed by atoms with Crippen LogP contribution in [0.2, 0.25) is 0 Å². The number of carbonyl (C=O) groups excluding carboxylic acids is 1. The van der Waals surface area contributed by atoms with Crippen LogP contribution in [0.5, 0.6) is 0 Å². The van der Waals surface area contributed by atoms with Gasteiger partial charge in [-0.1, -0.05) is 6.92 Å². The van der Waals surface area contributed by atoms with Crippen molar-refractivity contribution in [1.82, 2.24) is 9.80 Å². The summed E-state index contributed by atoms with van der Waals surface area (Å²) in [7, 11) is 0. The molecule has 0 aliphatic carbocycles. The second kappa shape index (κ2) is 6.99. The van der Waals surface area contributed by atoms with Gasteiger partial charge >= 0.3 is 6.09 Å². The van der Waals surface area contributed by atoms with E-state index in [0.29, 0.717) is 6.04 Å². The number of ether oxygens (including phenoxy) is 1. The van der Waals surface area contributed by atoms with Crippen LogP contribution in [-0.2, 0) is 4.74 Å². The lowest BCUT2D eigenvalue weighted by Crippen LogP contribution is -2.42. The molecular weight excluding hydrogens is 264 g/mol. The van der Waals surface area contributed by atoms with Crippen molar-refractivity contribution in [3.05, 3.63) is 0 Å². The van der Waals surface area contributed by atoms with E-state index in [4.69, 9.17) is 4.74 Å². The van der Waals surface area contributed by atoms with Crippen molar-refractivity contribution in [2.24, 2.45) is 5.92 Å². The van der Waals surface area contributed by atoms with Gasteiger partial charge in [-0.25, -0.2) is 4.79 Å². The Morgan fingerprint density at radius 3 is 2.43 bits per heavy atom. The summed E-state index contributed by atoms with van der Waals surface area (Å²) >= 11 is 0. The first-order valence-corrected chi connectivity index (χ1v) is 8.57. The molecule has 2 aliphatic heterocycles. The highest BCUT2D eigenvalue weighted by Crippen LogP contribution is 2.24. The fourth-order valence-corrected chi connectivity index (χ4v) is 3.31. The molecule has 1 atom stereocenters. The number of nitrogens with zero attached hydrogens (tertiary/aromatic N) is 2. The van der Waals surface area contributed by atoms with Gasteiger partial charge in [0.15, 0.2) is 0 Å². The zero-order chi connectivity index (χ0) is 15.5. The molecule has 2 rings (SSSR count). The first-order valence-electron chi connectivity index (χ1n) is 8.57. The standard InChI is InChI=1S/C17H32N2O2/c1-14-7-11-18(12-8-14)13-9-15-6-5-10-19(15)16(20)21-17(2,3)4/h14-15H,5-13H2,1-4H3/t15-/m0/s1. The normalized spacial score (nSPS) is 25.3. The zero-order valence-electron chi connectivity index (χ0n) is 14.2. The van der Waals surface area contributed by atoms with E-state index in [1.165, 1.54) is 25.9 Å². The molecule has 2 heterocycles. The summed E-state index contributed by atoms with van der Waals surface area (Å²) in [6.07, 6.45) is 5.84. The average molecular weight is 296 g/mol. The van der Waals surface area contributed by atoms with Crippen LogP contribution < -0.4 is 0 Å². The van der Waals surface area contributed by atoms with Gasteiger partial charge in [0, 0.05) is 19.1 Å². The van der Waals surface area contributed by atoms with E-state index in [-0.39, 0.29) is 6.09 Å². The van der Waals surface area contributed by atoms with Crippen molar-refractivity contribution in [2.45, 2.75) is 71.4 Å². The Balaban J connectivity index is 1.78. The van der Waals surface area contributed by atoms with Crippen LogP contribution in [0, 0.1) is 5.92 Å². The maximum absolute atomic E-state index is 12.3. The Bertz CT molecular complexity index is 343. The minimum Gasteiger partial charge on any atom is -0.444 e. The van der Waals surface area contributed by atoms with E-state index in [2.05, 4.69) is 11.8 Å². The molecule has 0 aromatic rings. The Morgan fingerprint density at radius 1 is 1.14 bits per heavy atom. The minimum absolute atomic E-state index is 0.128. The highest BCUT2D eigenvalue weighted by molar-refractivity contribution is 5.68. The molecular formula is C17H32N2O2. The number of amides is 1. The van der Waals surface area contributed by atoms with Crippen LogP contribution in [0.4, 0.5) is 4.79 Å². The predicted octanol–water partition coefficient (Wildman–Crippen LogP) is 3.51. The molecule has 0 radical (unpaired) electrons. The van der Waals surface area contributed by atoms with E-state index >= 15 is 0 Å². The summed E-state index contributed by atoms with van der Waals surface area (Å²) in [5.41, 5.74) is -0.396. The summed E-state index contributed by atoms with van der Waals surface area (Å²) in [5.74, 6) is 0.881. The number of carbonyl (C=O) groups is 1. The van der Waals surface area contributed by atoms with Gasteiger partial charge in [-0.15, -0.1) is 0 Å². The highest BCUT2D eigenvalue weighted by atomic mass is 16.6. The van der Waals surface area contributed by atoms with Crippen molar-refractivity contribution in [1.29, 1.82) is 0 Å². The first kappa shape index (κ1) is 16.6. The first-order chi connectivity index (χ1) is 9.85. The van der Waals surface area contributed by atoms with Gasteiger partial charge in [-0.3, -0.25) is 0 Å². The fraction of sp³-hybridized carbons (Fsp3) is 0.941. The SMILES string of the molecule is CC1CCN(CC[C@@H]2CCCN2C(=O)OC(C)(C)C)CC1. The van der Waals surface area contributed by atoms with E-state index in [1.54, 1.807) is 0 Å². The maximum atomic E-state index is 12.3. The summed E-state index contributed by atoms with van der Waals surface area (Å²) in [6, 6.07) is 0.374. The number of rotatable bonds is 3. The van der Waals surface area contributed by atoms with Gasteiger partial charge in [0.1, 0.15) is 5.60 Å². The van der Waals surface area contributed by atoms with Crippen molar-refractivity contribution < 1.29 is 9.53 Å². The maximum Gasteiger partial charge on any atom is 0.410 e. The monoisotopic (exact) mass is 296 g/mol. The Kier molecular flexibility index (Phi) is 5.53. The van der Waals surface area contributed by atoms with Gasteiger partial charge < -0.3 is 14.5 Å². The lowest BCUT2D eigenvalue weighted by atomic mass is 9.99. The third-order valence-electron chi connectivity index (χ3n) is 4.66. The van der Waals surface area contributed by atoms with Crippen LogP contribution in [-0.4, -0.2) is 53.7 Å². The van der Waals surface area contributed by atoms with Crippen molar-refractivity contribution >= 4 is 6.09 Å². The van der Waals surface area contributed by atoms with Crippen molar-refractivity contribution in [3.63, 3.8) is 0 Å². The van der Waals surface area contributed by atoms with Gasteiger partial charge in [0.05, 0.1) is 0 Å². The van der Waals surface area contributed by atoms with E-state index in [1.807, 2.05) is 25.7 Å². The lowest BCUT2D eigenvalue weighted by Gasteiger charge is -2.33. The molecule has 0 unspecified atom stereocenters. The third kappa shape index (κ3) is 5.17. The Hall–Kier alpha value is -0.770. The predicted molar refractivity (Wildman–Crippen MR) is 85.4 cm³/mol. The van der Waals surface area contributed by atoms with Crippen molar-refractivity contribution in [3.8, 4) is 0 Å². The number of hydrogen-bond acceptors (Lipinski definition) is 3. The molecule has 2 fully saturated rings. The molecule has 4 nitrogen and oxygen atoms in total. The molecule has 0 spiro atoms. The number of hydrogen-bond donors (Lipinski definition) is 0. The third-order valence-corrected chi connectivity index (χ3v) is 4.66. The molecule has 122 valence electrons. The summed E-state index contributed by atoms with van der Waals surface area (Å²) in [5, 5.41) is 0. The Labute approximate surface area is 129 Å². The van der Waals surface area contributed by atoms with Crippen molar-refractivity contribution in [2.75, 3.05) is 26.2 Å². The van der Waals surface area contributed by atoms with E-state index < -0.39 is 5.60 Å². The fourth-order valence-electron chi connectivity index (χ4n) is 3.31. The second-order valence-corrected chi connectivity index (χ2v) is 7.78.